The number of carbonyl (C=O) groups is 2. The van der Waals surface area contributed by atoms with E-state index in [1.54, 1.807) is 0 Å². The van der Waals surface area contributed by atoms with Crippen molar-refractivity contribution in [1.29, 1.82) is 0 Å². The minimum atomic E-state index is -0.0297. The van der Waals surface area contributed by atoms with Gasteiger partial charge in [0.25, 0.3) is 0 Å². The Morgan fingerprint density at radius 1 is 0.550 bits per heavy atom. The lowest BCUT2D eigenvalue weighted by Gasteiger charge is -2.26. The highest BCUT2D eigenvalue weighted by molar-refractivity contribution is 5.69. The van der Waals surface area contributed by atoms with Crippen LogP contribution in [0.2, 0.25) is 0 Å². The molecule has 0 fully saturated rings. The standard InChI is InChI=1S/C36H68O4/c1-31(2)29-35(5,6)25-27-39-33(37)23-21-19-17-15-13-11-9-10-12-14-16-18-20-22-24-34(38)40-28-26-36(7,8)30-32(3)4/h9-10,31-32H,11-30H2,1-8H3/b10-9+. The van der Waals surface area contributed by atoms with Gasteiger partial charge in [-0.25, -0.2) is 0 Å². The summed E-state index contributed by atoms with van der Waals surface area (Å²) >= 11 is 0. The molecule has 0 aliphatic rings. The molecule has 0 N–H and O–H groups in total. The first-order valence-corrected chi connectivity index (χ1v) is 16.8. The number of hydrogen-bond acceptors (Lipinski definition) is 4. The lowest BCUT2D eigenvalue weighted by molar-refractivity contribution is -0.145. The van der Waals surface area contributed by atoms with Gasteiger partial charge in [0.05, 0.1) is 13.2 Å². The van der Waals surface area contributed by atoms with Crippen molar-refractivity contribution >= 4 is 11.9 Å². The van der Waals surface area contributed by atoms with Crippen LogP contribution in [-0.2, 0) is 19.1 Å². The van der Waals surface area contributed by atoms with Crippen molar-refractivity contribution in [2.45, 2.75) is 171 Å². The summed E-state index contributed by atoms with van der Waals surface area (Å²) in [6.07, 6.45) is 23.8. The quantitative estimate of drug-likeness (QED) is 0.0595. The summed E-state index contributed by atoms with van der Waals surface area (Å²) < 4.78 is 10.9. The summed E-state index contributed by atoms with van der Waals surface area (Å²) in [6, 6.07) is 0. The Balaban J connectivity index is 3.48. The number of ether oxygens (including phenoxy) is 2. The smallest absolute Gasteiger partial charge is 0.305 e. The second kappa shape index (κ2) is 23.3. The largest absolute Gasteiger partial charge is 0.466 e. The fourth-order valence-corrected chi connectivity index (χ4v) is 5.80. The van der Waals surface area contributed by atoms with E-state index in [1.807, 2.05) is 0 Å². The van der Waals surface area contributed by atoms with Crippen molar-refractivity contribution in [1.82, 2.24) is 0 Å². The minimum Gasteiger partial charge on any atom is -0.466 e. The van der Waals surface area contributed by atoms with E-state index in [1.165, 1.54) is 51.4 Å². The molecule has 236 valence electrons. The Hall–Kier alpha value is -1.32. The van der Waals surface area contributed by atoms with Crippen molar-refractivity contribution in [3.05, 3.63) is 12.2 Å². The molecule has 0 bridgehead atoms. The lowest BCUT2D eigenvalue weighted by Crippen LogP contribution is -2.18. The maximum absolute atomic E-state index is 11.9. The van der Waals surface area contributed by atoms with Crippen LogP contribution < -0.4 is 0 Å². The molecule has 0 saturated heterocycles. The van der Waals surface area contributed by atoms with E-state index in [0.717, 1.165) is 51.4 Å². The summed E-state index contributed by atoms with van der Waals surface area (Å²) in [4.78, 5) is 23.9. The molecule has 0 aromatic heterocycles. The molecule has 0 rings (SSSR count). The van der Waals surface area contributed by atoms with E-state index in [2.05, 4.69) is 67.5 Å². The van der Waals surface area contributed by atoms with Gasteiger partial charge in [0.15, 0.2) is 0 Å². The maximum Gasteiger partial charge on any atom is 0.305 e. The molecule has 0 heterocycles. The topological polar surface area (TPSA) is 52.6 Å². The van der Waals surface area contributed by atoms with E-state index in [-0.39, 0.29) is 22.8 Å². The number of esters is 2. The molecule has 4 heteroatoms. The summed E-state index contributed by atoms with van der Waals surface area (Å²) in [6.45, 7) is 19.1. The number of carbonyl (C=O) groups excluding carboxylic acids is 2. The number of hydrogen-bond donors (Lipinski definition) is 0. The Bertz CT molecular complexity index is 604. The third-order valence-electron chi connectivity index (χ3n) is 7.68. The summed E-state index contributed by atoms with van der Waals surface area (Å²) in [7, 11) is 0. The molecular formula is C36H68O4. The number of unbranched alkanes of at least 4 members (excludes halogenated alkanes) is 10. The number of rotatable bonds is 26. The van der Waals surface area contributed by atoms with Gasteiger partial charge in [0.2, 0.25) is 0 Å². The zero-order valence-electron chi connectivity index (χ0n) is 28.1. The van der Waals surface area contributed by atoms with E-state index >= 15 is 0 Å². The van der Waals surface area contributed by atoms with Gasteiger partial charge in [0.1, 0.15) is 0 Å². The average Bonchev–Trinajstić information content (AvgIpc) is 2.81. The Kier molecular flexibility index (Phi) is 22.5. The summed E-state index contributed by atoms with van der Waals surface area (Å²) in [5, 5.41) is 0. The first kappa shape index (κ1) is 38.7. The maximum atomic E-state index is 11.9. The van der Waals surface area contributed by atoms with Gasteiger partial charge in [-0.2, -0.15) is 0 Å². The molecule has 0 unspecified atom stereocenters. The first-order chi connectivity index (χ1) is 18.8. The monoisotopic (exact) mass is 565 g/mol. The van der Waals surface area contributed by atoms with Gasteiger partial charge >= 0.3 is 11.9 Å². The summed E-state index contributed by atoms with van der Waals surface area (Å²) in [5.41, 5.74) is 0.484. The van der Waals surface area contributed by atoms with Crippen molar-refractivity contribution in [3.8, 4) is 0 Å². The molecular weight excluding hydrogens is 496 g/mol. The molecule has 0 aliphatic heterocycles. The highest BCUT2D eigenvalue weighted by Gasteiger charge is 2.20. The molecule has 0 amide bonds. The number of allylic oxidation sites excluding steroid dienone is 2. The van der Waals surface area contributed by atoms with E-state index in [0.29, 0.717) is 37.9 Å². The molecule has 40 heavy (non-hydrogen) atoms. The van der Waals surface area contributed by atoms with Gasteiger partial charge in [-0.05, 0) is 86.9 Å². The SMILES string of the molecule is CC(C)CC(C)(C)CCOC(=O)CCCCCCC/C=C/CCCCCCCC(=O)OCCC(C)(C)CC(C)C. The molecule has 0 radical (unpaired) electrons. The van der Waals surface area contributed by atoms with E-state index < -0.39 is 0 Å². The highest BCUT2D eigenvalue weighted by Crippen LogP contribution is 2.30. The highest BCUT2D eigenvalue weighted by atomic mass is 16.5. The normalized spacial score (nSPS) is 12.6. The molecule has 0 aromatic carbocycles. The average molecular weight is 565 g/mol. The predicted octanol–water partition coefficient (Wildman–Crippen LogP) is 11.0. The van der Waals surface area contributed by atoms with Crippen LogP contribution in [0.15, 0.2) is 12.2 Å². The minimum absolute atomic E-state index is 0.0297. The molecule has 0 aromatic rings. The predicted molar refractivity (Wildman–Crippen MR) is 171 cm³/mol. The van der Waals surface area contributed by atoms with Crippen LogP contribution in [0, 0.1) is 22.7 Å². The lowest BCUT2D eigenvalue weighted by atomic mass is 9.81. The first-order valence-electron chi connectivity index (χ1n) is 16.8. The Morgan fingerprint density at radius 3 is 1.23 bits per heavy atom. The zero-order chi connectivity index (χ0) is 30.3. The second-order valence-corrected chi connectivity index (χ2v) is 14.5. The van der Waals surface area contributed by atoms with Gasteiger partial charge in [-0.15, -0.1) is 0 Å². The van der Waals surface area contributed by atoms with Crippen molar-refractivity contribution in [2.75, 3.05) is 13.2 Å². The van der Waals surface area contributed by atoms with Crippen LogP contribution in [0.3, 0.4) is 0 Å². The van der Waals surface area contributed by atoms with Gasteiger partial charge in [0, 0.05) is 12.8 Å². The van der Waals surface area contributed by atoms with E-state index in [4.69, 9.17) is 9.47 Å². The van der Waals surface area contributed by atoms with Gasteiger partial charge in [-0.3, -0.25) is 9.59 Å². The van der Waals surface area contributed by atoms with Crippen LogP contribution in [0.4, 0.5) is 0 Å². The van der Waals surface area contributed by atoms with Crippen molar-refractivity contribution in [3.63, 3.8) is 0 Å². The van der Waals surface area contributed by atoms with Gasteiger partial charge in [-0.1, -0.05) is 106 Å². The van der Waals surface area contributed by atoms with Crippen LogP contribution in [-0.4, -0.2) is 25.2 Å². The second-order valence-electron chi connectivity index (χ2n) is 14.5. The van der Waals surface area contributed by atoms with Crippen LogP contribution >= 0.6 is 0 Å². The van der Waals surface area contributed by atoms with Crippen LogP contribution in [0.25, 0.3) is 0 Å². The Morgan fingerprint density at radius 2 is 0.875 bits per heavy atom. The Labute approximate surface area is 249 Å². The molecule has 0 spiro atoms. The van der Waals surface area contributed by atoms with E-state index in [9.17, 15) is 9.59 Å². The van der Waals surface area contributed by atoms with Crippen molar-refractivity contribution < 1.29 is 19.1 Å². The zero-order valence-corrected chi connectivity index (χ0v) is 28.1. The third kappa shape index (κ3) is 26.9. The summed E-state index contributed by atoms with van der Waals surface area (Å²) in [5.74, 6) is 1.29. The van der Waals surface area contributed by atoms with Crippen molar-refractivity contribution in [2.24, 2.45) is 22.7 Å². The fourth-order valence-electron chi connectivity index (χ4n) is 5.80. The molecule has 0 saturated carbocycles. The molecule has 0 aliphatic carbocycles. The fraction of sp³-hybridized carbons (Fsp3) is 0.889. The molecule has 0 atom stereocenters. The van der Waals surface area contributed by atoms with Gasteiger partial charge < -0.3 is 9.47 Å². The van der Waals surface area contributed by atoms with Crippen LogP contribution in [0.1, 0.15) is 171 Å². The third-order valence-corrected chi connectivity index (χ3v) is 7.68. The van der Waals surface area contributed by atoms with Crippen LogP contribution in [0.5, 0.6) is 0 Å². The molecule has 4 nitrogen and oxygen atoms in total.